The molecule has 0 saturated carbocycles. The van der Waals surface area contributed by atoms with Crippen LogP contribution in [-0.4, -0.2) is 16.9 Å². The highest BCUT2D eigenvalue weighted by molar-refractivity contribution is 6.96. The number of para-hydroxylation sites is 1. The third-order valence-corrected chi connectivity index (χ3v) is 11.4. The number of rotatable bonds is 4. The molecule has 2 aliphatic carbocycles. The quantitative estimate of drug-likeness (QED) is 0.182. The highest BCUT2D eigenvalue weighted by Gasteiger charge is 2.40. The molecule has 3 nitrogen and oxygen atoms in total. The van der Waals surface area contributed by atoms with Crippen LogP contribution < -0.4 is 21.1 Å². The largest absolute Gasteiger partial charge is 0.508 e. The maximum Gasteiger partial charge on any atom is 0.250 e. The second-order valence-electron chi connectivity index (χ2n) is 14.6. The summed E-state index contributed by atoms with van der Waals surface area (Å²) in [7, 11) is 0. The molecule has 0 fully saturated rings. The number of phenols is 2. The van der Waals surface area contributed by atoms with Crippen molar-refractivity contribution < 1.29 is 14.9 Å². The molecule has 2 N–H and O–H groups in total. The number of phenolic OH excluding ortho intramolecular Hbond substituents is 2. The zero-order chi connectivity index (χ0) is 35.7. The Morgan fingerprint density at radius 1 is 0.528 bits per heavy atom. The first kappa shape index (κ1) is 31.2. The lowest BCUT2D eigenvalue weighted by Gasteiger charge is -2.41. The van der Waals surface area contributed by atoms with E-state index in [-0.39, 0.29) is 23.6 Å². The summed E-state index contributed by atoms with van der Waals surface area (Å²) >= 11 is 0. The summed E-state index contributed by atoms with van der Waals surface area (Å²) in [5.41, 5.74) is 15.6. The van der Waals surface area contributed by atoms with Crippen molar-refractivity contribution in [2.75, 3.05) is 0 Å². The number of allylic oxidation sites excluding steroid dienone is 4. The Bertz CT molecular complexity index is 2670. The van der Waals surface area contributed by atoms with Crippen LogP contribution >= 0.6 is 0 Å². The first-order valence-corrected chi connectivity index (χ1v) is 18.2. The third-order valence-electron chi connectivity index (χ3n) is 11.4. The minimum absolute atomic E-state index is 0.110. The molecule has 3 aliphatic rings. The van der Waals surface area contributed by atoms with E-state index in [2.05, 4.69) is 134 Å². The Hall–Kier alpha value is -6.52. The smallest absolute Gasteiger partial charge is 0.250 e. The summed E-state index contributed by atoms with van der Waals surface area (Å²) in [5, 5.41) is 20.8. The lowest BCUT2D eigenvalue weighted by atomic mass is 9.36. The second kappa shape index (κ2) is 12.0. The van der Waals surface area contributed by atoms with Gasteiger partial charge in [-0.25, -0.2) is 0 Å². The van der Waals surface area contributed by atoms with Crippen molar-refractivity contribution in [3.05, 3.63) is 187 Å². The highest BCUT2D eigenvalue weighted by atomic mass is 16.5. The van der Waals surface area contributed by atoms with Crippen molar-refractivity contribution in [3.63, 3.8) is 0 Å². The minimum Gasteiger partial charge on any atom is -0.508 e. The van der Waals surface area contributed by atoms with Gasteiger partial charge in [-0.3, -0.25) is 0 Å². The van der Waals surface area contributed by atoms with E-state index in [1.54, 1.807) is 12.1 Å². The number of benzene rings is 7. The molecular formula is C49H35BO3. The molecule has 0 radical (unpaired) electrons. The van der Waals surface area contributed by atoms with Crippen LogP contribution in [0.4, 0.5) is 0 Å². The Labute approximate surface area is 309 Å². The van der Waals surface area contributed by atoms with Gasteiger partial charge in [0.15, 0.2) is 0 Å². The average molecular weight is 683 g/mol. The summed E-state index contributed by atoms with van der Waals surface area (Å²) < 4.78 is 6.55. The molecule has 0 aromatic heterocycles. The molecule has 1 atom stereocenters. The third kappa shape index (κ3) is 5.13. The molecule has 1 unspecified atom stereocenters. The van der Waals surface area contributed by atoms with Crippen molar-refractivity contribution in [1.29, 1.82) is 0 Å². The molecule has 252 valence electrons. The van der Waals surface area contributed by atoms with Gasteiger partial charge in [-0.1, -0.05) is 128 Å². The van der Waals surface area contributed by atoms with Crippen LogP contribution in [0.5, 0.6) is 23.0 Å². The second-order valence-corrected chi connectivity index (χ2v) is 14.6. The van der Waals surface area contributed by atoms with Gasteiger partial charge in [0.25, 0.3) is 6.71 Å². The van der Waals surface area contributed by atoms with Gasteiger partial charge >= 0.3 is 0 Å². The Morgan fingerprint density at radius 2 is 1.17 bits per heavy atom. The van der Waals surface area contributed by atoms with Gasteiger partial charge in [-0.2, -0.15) is 0 Å². The first-order chi connectivity index (χ1) is 25.9. The van der Waals surface area contributed by atoms with Crippen molar-refractivity contribution in [2.24, 2.45) is 0 Å². The standard InChI is InChI=1S/C49H35BO3/c1-49-24-23-36(27-44(49)40-20-18-38(51)29-41(40)42-30-39(52)19-21-43(42)49)34-12-8-10-32(26-34)31-9-7-11-33(25-31)35-17-22-46-48(28-35)53-47-16-6-5-15-45(47)50(46)37-13-3-2-4-14-37/h2-23,25-30,51-52H,24H2,1H3. The van der Waals surface area contributed by atoms with Crippen LogP contribution in [0, 0.1) is 0 Å². The van der Waals surface area contributed by atoms with Gasteiger partial charge in [0.05, 0.1) is 0 Å². The van der Waals surface area contributed by atoms with Crippen molar-refractivity contribution in [3.8, 4) is 56.4 Å². The Balaban J connectivity index is 0.996. The minimum atomic E-state index is -0.260. The van der Waals surface area contributed by atoms with E-state index >= 15 is 0 Å². The topological polar surface area (TPSA) is 49.7 Å². The molecule has 1 heterocycles. The molecule has 0 saturated heterocycles. The molecule has 0 bridgehead atoms. The summed E-state index contributed by atoms with van der Waals surface area (Å²) in [6, 6.07) is 54.4. The van der Waals surface area contributed by atoms with E-state index in [0.717, 1.165) is 68.0 Å². The van der Waals surface area contributed by atoms with Crippen LogP contribution in [0.3, 0.4) is 0 Å². The van der Waals surface area contributed by atoms with Crippen LogP contribution in [0.2, 0.25) is 0 Å². The Kier molecular flexibility index (Phi) is 7.09. The van der Waals surface area contributed by atoms with Crippen LogP contribution in [0.1, 0.15) is 30.0 Å². The molecule has 7 aromatic carbocycles. The summed E-state index contributed by atoms with van der Waals surface area (Å²) in [6.07, 6.45) is 5.48. The van der Waals surface area contributed by atoms with Crippen LogP contribution in [-0.2, 0) is 5.41 Å². The zero-order valence-electron chi connectivity index (χ0n) is 29.3. The molecule has 0 amide bonds. The molecule has 1 aliphatic heterocycles. The molecule has 53 heavy (non-hydrogen) atoms. The van der Waals surface area contributed by atoms with E-state index < -0.39 is 0 Å². The van der Waals surface area contributed by atoms with Gasteiger partial charge in [0, 0.05) is 5.41 Å². The number of ether oxygens (including phenoxy) is 1. The van der Waals surface area contributed by atoms with Crippen molar-refractivity contribution in [2.45, 2.75) is 18.8 Å². The SMILES string of the molecule is CC12CC=C(c3cccc(-c4cccc(-c5ccc6c(c5)Oc5ccccc5B6c5ccccc5)c4)c3)C=C1c1ccc(O)cc1-c1cc(O)ccc12. The van der Waals surface area contributed by atoms with Gasteiger partial charge in [0.2, 0.25) is 0 Å². The number of fused-ring (bicyclic) bond motifs is 8. The van der Waals surface area contributed by atoms with E-state index in [1.807, 2.05) is 30.3 Å². The molecule has 4 heteroatoms. The predicted molar refractivity (Wildman–Crippen MR) is 218 cm³/mol. The number of aromatic hydroxyl groups is 2. The molecule has 10 rings (SSSR count). The lowest BCUT2D eigenvalue weighted by Crippen LogP contribution is -2.54. The van der Waals surface area contributed by atoms with Crippen molar-refractivity contribution in [1.82, 2.24) is 0 Å². The monoisotopic (exact) mass is 682 g/mol. The van der Waals surface area contributed by atoms with E-state index in [9.17, 15) is 10.2 Å². The fourth-order valence-corrected chi connectivity index (χ4v) is 8.76. The summed E-state index contributed by atoms with van der Waals surface area (Å²) in [6.45, 7) is 2.39. The molecular weight excluding hydrogens is 647 g/mol. The fourth-order valence-electron chi connectivity index (χ4n) is 8.76. The highest BCUT2D eigenvalue weighted by Crippen LogP contribution is 2.55. The normalized spacial score (nSPS) is 16.5. The summed E-state index contributed by atoms with van der Waals surface area (Å²) in [5.74, 6) is 2.24. The average Bonchev–Trinajstić information content (AvgIpc) is 3.20. The maximum atomic E-state index is 10.4. The fraction of sp³-hybridized carbons (Fsp3) is 0.0612. The zero-order valence-corrected chi connectivity index (χ0v) is 29.3. The molecule has 0 spiro atoms. The lowest BCUT2D eigenvalue weighted by molar-refractivity contribution is 0.473. The van der Waals surface area contributed by atoms with Gasteiger partial charge < -0.3 is 14.9 Å². The van der Waals surface area contributed by atoms with Crippen LogP contribution in [0.15, 0.2) is 170 Å². The maximum absolute atomic E-state index is 10.4. The van der Waals surface area contributed by atoms with Crippen LogP contribution in [0.25, 0.3) is 44.5 Å². The predicted octanol–water partition coefficient (Wildman–Crippen LogP) is 9.86. The van der Waals surface area contributed by atoms with Gasteiger partial charge in [0.1, 0.15) is 23.0 Å². The van der Waals surface area contributed by atoms with E-state index in [0.29, 0.717) is 0 Å². The number of hydrogen-bond acceptors (Lipinski definition) is 3. The first-order valence-electron chi connectivity index (χ1n) is 18.2. The number of hydrogen-bond donors (Lipinski definition) is 2. The molecule has 7 aromatic rings. The van der Waals surface area contributed by atoms with Gasteiger partial charge in [-0.05, 0) is 133 Å². The summed E-state index contributed by atoms with van der Waals surface area (Å²) in [4.78, 5) is 0. The van der Waals surface area contributed by atoms with E-state index in [4.69, 9.17) is 4.74 Å². The Morgan fingerprint density at radius 3 is 1.96 bits per heavy atom. The van der Waals surface area contributed by atoms with E-state index in [1.165, 1.54) is 27.5 Å². The van der Waals surface area contributed by atoms with Crippen molar-refractivity contribution >= 4 is 34.2 Å². The van der Waals surface area contributed by atoms with Gasteiger partial charge in [-0.15, -0.1) is 0 Å².